The Kier molecular flexibility index (Phi) is 7.11. The van der Waals surface area contributed by atoms with Crippen LogP contribution in [-0.2, 0) is 23.1 Å². The first kappa shape index (κ1) is 24.0. The second-order valence-corrected chi connectivity index (χ2v) is 8.21. The fraction of sp³-hybridized carbons (Fsp3) is 0.280. The Labute approximate surface area is 201 Å². The van der Waals surface area contributed by atoms with Crippen molar-refractivity contribution in [1.82, 2.24) is 20.4 Å². The number of amides is 2. The van der Waals surface area contributed by atoms with E-state index in [0.29, 0.717) is 5.69 Å². The predicted octanol–water partition coefficient (Wildman–Crippen LogP) is 2.02. The van der Waals surface area contributed by atoms with E-state index in [-0.39, 0.29) is 37.6 Å². The number of benzene rings is 2. The summed E-state index contributed by atoms with van der Waals surface area (Å²) in [6, 6.07) is 16.1. The Morgan fingerprint density at radius 1 is 1.06 bits per heavy atom. The van der Waals surface area contributed by atoms with E-state index >= 15 is 0 Å². The van der Waals surface area contributed by atoms with Crippen LogP contribution in [0.5, 0.6) is 0 Å². The summed E-state index contributed by atoms with van der Waals surface area (Å²) in [5.41, 5.74) is 5.18. The number of aliphatic carboxylic acids is 1. The number of nitrogens with one attached hydrogen (secondary N) is 2. The van der Waals surface area contributed by atoms with Gasteiger partial charge in [0, 0.05) is 25.9 Å². The Balaban J connectivity index is 1.33. The Morgan fingerprint density at radius 3 is 2.31 bits per heavy atom. The van der Waals surface area contributed by atoms with Crippen LogP contribution in [0.25, 0.3) is 11.1 Å². The standard InChI is InChI=1S/C25H26N4O6/c1-29-21(19(12-28-29)23(31)26-11-10-22(30)24(32)33)13-27-25(34)35-14-20-17-8-4-2-6-15(17)16-7-3-5-9-18(16)20/h2-9,12,20,22,30H,10-11,13-14H2,1H3,(H,26,31)(H,27,34)(H,32,33)/t22-/m0/s1. The second-order valence-electron chi connectivity index (χ2n) is 8.21. The largest absolute Gasteiger partial charge is 0.479 e. The fourth-order valence-electron chi connectivity index (χ4n) is 4.21. The summed E-state index contributed by atoms with van der Waals surface area (Å²) in [4.78, 5) is 35.6. The minimum absolute atomic E-state index is 0.00762. The van der Waals surface area contributed by atoms with Gasteiger partial charge in [-0.3, -0.25) is 9.48 Å². The molecule has 4 rings (SSSR count). The summed E-state index contributed by atoms with van der Waals surface area (Å²) in [5.74, 6) is -1.90. The quantitative estimate of drug-likeness (QED) is 0.368. The van der Waals surface area contributed by atoms with Gasteiger partial charge in [-0.1, -0.05) is 48.5 Å². The number of hydrogen-bond acceptors (Lipinski definition) is 6. The maximum absolute atomic E-state index is 12.5. The summed E-state index contributed by atoms with van der Waals surface area (Å²) in [6.07, 6.45) is -0.949. The number of ether oxygens (including phenoxy) is 1. The van der Waals surface area contributed by atoms with Crippen LogP contribution in [-0.4, -0.2) is 57.2 Å². The number of carbonyl (C=O) groups is 3. The molecule has 1 aromatic heterocycles. The number of aliphatic hydroxyl groups excluding tert-OH is 1. The first-order valence-electron chi connectivity index (χ1n) is 11.2. The first-order chi connectivity index (χ1) is 16.9. The average Bonchev–Trinajstić information content (AvgIpc) is 3.38. The van der Waals surface area contributed by atoms with Crippen molar-refractivity contribution in [2.75, 3.05) is 13.2 Å². The lowest BCUT2D eigenvalue weighted by Crippen LogP contribution is -2.31. The highest BCUT2D eigenvalue weighted by atomic mass is 16.5. The van der Waals surface area contributed by atoms with Crippen molar-refractivity contribution in [3.8, 4) is 11.1 Å². The third-order valence-corrected chi connectivity index (χ3v) is 6.04. The van der Waals surface area contributed by atoms with Crippen molar-refractivity contribution in [2.45, 2.75) is 25.0 Å². The number of hydrogen-bond donors (Lipinski definition) is 4. The summed E-state index contributed by atoms with van der Waals surface area (Å²) in [7, 11) is 1.64. The number of aryl methyl sites for hydroxylation is 1. The van der Waals surface area contributed by atoms with Crippen molar-refractivity contribution in [3.05, 3.63) is 77.1 Å². The van der Waals surface area contributed by atoms with Gasteiger partial charge in [-0.15, -0.1) is 0 Å². The maximum atomic E-state index is 12.5. The SMILES string of the molecule is Cn1ncc(C(=O)NCC[C@H](O)C(=O)O)c1CNC(=O)OCC1c2ccccc2-c2ccccc21. The summed E-state index contributed by atoms with van der Waals surface area (Å²) in [5, 5.41) is 27.3. The van der Waals surface area contributed by atoms with Gasteiger partial charge < -0.3 is 25.6 Å². The van der Waals surface area contributed by atoms with E-state index in [1.165, 1.54) is 10.9 Å². The lowest BCUT2D eigenvalue weighted by atomic mass is 9.98. The zero-order valence-corrected chi connectivity index (χ0v) is 19.1. The fourth-order valence-corrected chi connectivity index (χ4v) is 4.21. The molecule has 2 amide bonds. The molecule has 0 unspecified atom stereocenters. The van der Waals surface area contributed by atoms with Gasteiger partial charge >= 0.3 is 12.1 Å². The first-order valence-corrected chi connectivity index (χ1v) is 11.2. The van der Waals surface area contributed by atoms with Crippen LogP contribution in [0.3, 0.4) is 0 Å². The van der Waals surface area contributed by atoms with E-state index in [0.717, 1.165) is 22.3 Å². The zero-order valence-electron chi connectivity index (χ0n) is 19.1. The van der Waals surface area contributed by atoms with Gasteiger partial charge in [-0.05, 0) is 22.3 Å². The Hall–Kier alpha value is -4.18. The van der Waals surface area contributed by atoms with Crippen LogP contribution in [0.1, 0.15) is 39.5 Å². The highest BCUT2D eigenvalue weighted by Gasteiger charge is 2.29. The van der Waals surface area contributed by atoms with Crippen molar-refractivity contribution >= 4 is 18.0 Å². The smallest absolute Gasteiger partial charge is 0.407 e. The van der Waals surface area contributed by atoms with Crippen LogP contribution < -0.4 is 10.6 Å². The van der Waals surface area contributed by atoms with E-state index in [2.05, 4.69) is 27.9 Å². The lowest BCUT2D eigenvalue weighted by Gasteiger charge is -2.15. The van der Waals surface area contributed by atoms with Crippen LogP contribution in [0.15, 0.2) is 54.7 Å². The number of carboxylic acids is 1. The molecule has 1 heterocycles. The van der Waals surface area contributed by atoms with Crippen molar-refractivity contribution in [2.24, 2.45) is 7.05 Å². The molecule has 0 saturated carbocycles. The average molecular weight is 479 g/mol. The van der Waals surface area contributed by atoms with Crippen LogP contribution in [0.2, 0.25) is 0 Å². The molecule has 0 fully saturated rings. The Bertz CT molecular complexity index is 1210. The van der Waals surface area contributed by atoms with E-state index in [9.17, 15) is 19.5 Å². The number of rotatable bonds is 9. The molecule has 0 radical (unpaired) electrons. The van der Waals surface area contributed by atoms with Gasteiger partial charge in [0.15, 0.2) is 6.10 Å². The van der Waals surface area contributed by atoms with Crippen LogP contribution in [0, 0.1) is 0 Å². The highest BCUT2D eigenvalue weighted by molar-refractivity contribution is 5.95. The summed E-state index contributed by atoms with van der Waals surface area (Å²) in [6.45, 7) is 0.151. The van der Waals surface area contributed by atoms with Gasteiger partial charge in [0.2, 0.25) is 0 Å². The minimum atomic E-state index is -1.56. The molecule has 3 aromatic rings. The molecule has 0 spiro atoms. The summed E-state index contributed by atoms with van der Waals surface area (Å²) < 4.78 is 6.99. The number of fused-ring (bicyclic) bond motifs is 3. The molecule has 10 heteroatoms. The molecular weight excluding hydrogens is 452 g/mol. The van der Waals surface area contributed by atoms with Crippen molar-refractivity contribution in [3.63, 3.8) is 0 Å². The van der Waals surface area contributed by atoms with E-state index in [4.69, 9.17) is 9.84 Å². The number of carbonyl (C=O) groups excluding carboxylic acids is 2. The molecule has 1 atom stereocenters. The normalized spacial score (nSPS) is 13.0. The maximum Gasteiger partial charge on any atom is 0.407 e. The molecular formula is C25H26N4O6. The highest BCUT2D eigenvalue weighted by Crippen LogP contribution is 2.44. The van der Waals surface area contributed by atoms with Crippen molar-refractivity contribution < 1.29 is 29.3 Å². The molecule has 0 aliphatic heterocycles. The molecule has 10 nitrogen and oxygen atoms in total. The molecule has 35 heavy (non-hydrogen) atoms. The zero-order chi connectivity index (χ0) is 24.9. The molecule has 1 aliphatic carbocycles. The molecule has 2 aromatic carbocycles. The van der Waals surface area contributed by atoms with Gasteiger partial charge in [-0.25, -0.2) is 9.59 Å². The lowest BCUT2D eigenvalue weighted by molar-refractivity contribution is -0.146. The van der Waals surface area contributed by atoms with Crippen molar-refractivity contribution in [1.29, 1.82) is 0 Å². The topological polar surface area (TPSA) is 143 Å². The molecule has 4 N–H and O–H groups in total. The molecule has 0 bridgehead atoms. The predicted molar refractivity (Wildman–Crippen MR) is 126 cm³/mol. The molecule has 0 saturated heterocycles. The van der Waals surface area contributed by atoms with Gasteiger partial charge in [0.25, 0.3) is 5.91 Å². The van der Waals surface area contributed by atoms with E-state index in [1.54, 1.807) is 7.05 Å². The monoisotopic (exact) mass is 478 g/mol. The third-order valence-electron chi connectivity index (χ3n) is 6.04. The van der Waals surface area contributed by atoms with E-state index in [1.807, 2.05) is 36.4 Å². The number of aliphatic hydroxyl groups is 1. The third kappa shape index (κ3) is 5.17. The number of aromatic nitrogens is 2. The second kappa shape index (κ2) is 10.4. The number of carboxylic acid groups (broad SMARTS) is 1. The summed E-state index contributed by atoms with van der Waals surface area (Å²) >= 11 is 0. The minimum Gasteiger partial charge on any atom is -0.479 e. The van der Waals surface area contributed by atoms with Gasteiger partial charge in [0.05, 0.1) is 24.0 Å². The van der Waals surface area contributed by atoms with Crippen LogP contribution in [0.4, 0.5) is 4.79 Å². The van der Waals surface area contributed by atoms with E-state index < -0.39 is 24.1 Å². The molecule has 182 valence electrons. The number of alkyl carbamates (subject to hydrolysis) is 1. The van der Waals surface area contributed by atoms with Gasteiger partial charge in [0.1, 0.15) is 6.61 Å². The van der Waals surface area contributed by atoms with Gasteiger partial charge in [-0.2, -0.15) is 5.10 Å². The number of nitrogens with zero attached hydrogens (tertiary/aromatic N) is 2. The Morgan fingerprint density at radius 2 is 1.69 bits per heavy atom. The molecule has 1 aliphatic rings. The van der Waals surface area contributed by atoms with Crippen LogP contribution >= 0.6 is 0 Å².